The molecule has 2 rings (SSSR count). The van der Waals surface area contributed by atoms with Crippen molar-refractivity contribution >= 4 is 15.9 Å². The molecule has 0 heterocycles. The van der Waals surface area contributed by atoms with Gasteiger partial charge in [-0.05, 0) is 52.2 Å². The molecule has 0 saturated carbocycles. The number of hydrogen-bond donors (Lipinski definition) is 1. The first kappa shape index (κ1) is 15.2. The molecule has 0 radical (unpaired) electrons. The first-order valence-electron chi connectivity index (χ1n) is 6.87. The molecule has 1 atom stereocenters. The van der Waals surface area contributed by atoms with E-state index in [9.17, 15) is 4.39 Å². The molecule has 106 valence electrons. The summed E-state index contributed by atoms with van der Waals surface area (Å²) in [6.45, 7) is 2.17. The fraction of sp³-hybridized carbons (Fsp3) is 0.294. The molecule has 0 amide bonds. The van der Waals surface area contributed by atoms with Crippen LogP contribution >= 0.6 is 15.9 Å². The third-order valence-corrected chi connectivity index (χ3v) is 4.24. The standard InChI is InChI=1S/C17H19BrFN/c1-3-6-12-7-4-8-13(11-12)17(20-2)14-9-5-10-15(19)16(14)18/h4-5,7-11,17,20H,3,6H2,1-2H3. The van der Waals surface area contributed by atoms with Gasteiger partial charge in [-0.25, -0.2) is 4.39 Å². The third kappa shape index (κ3) is 3.28. The summed E-state index contributed by atoms with van der Waals surface area (Å²) in [4.78, 5) is 0. The summed E-state index contributed by atoms with van der Waals surface area (Å²) in [6, 6.07) is 13.6. The maximum absolute atomic E-state index is 13.7. The summed E-state index contributed by atoms with van der Waals surface area (Å²) in [5.74, 6) is -0.229. The minimum absolute atomic E-state index is 0.0168. The van der Waals surface area contributed by atoms with Crippen LogP contribution in [0.4, 0.5) is 4.39 Å². The Bertz CT molecular complexity index is 583. The lowest BCUT2D eigenvalue weighted by Gasteiger charge is -2.19. The van der Waals surface area contributed by atoms with Crippen molar-refractivity contribution in [3.05, 3.63) is 69.4 Å². The van der Waals surface area contributed by atoms with Crippen LogP contribution < -0.4 is 5.32 Å². The molecule has 2 aromatic rings. The summed E-state index contributed by atoms with van der Waals surface area (Å²) < 4.78 is 14.2. The van der Waals surface area contributed by atoms with Gasteiger partial charge in [0.1, 0.15) is 5.82 Å². The van der Waals surface area contributed by atoms with E-state index in [4.69, 9.17) is 0 Å². The molecule has 0 spiro atoms. The Morgan fingerprint density at radius 1 is 1.20 bits per heavy atom. The van der Waals surface area contributed by atoms with Crippen LogP contribution in [0.3, 0.4) is 0 Å². The monoisotopic (exact) mass is 335 g/mol. The first-order valence-corrected chi connectivity index (χ1v) is 7.66. The quantitative estimate of drug-likeness (QED) is 0.823. The molecular formula is C17H19BrFN. The van der Waals surface area contributed by atoms with Crippen LogP contribution in [0, 0.1) is 5.82 Å². The van der Waals surface area contributed by atoms with E-state index in [0.717, 1.165) is 24.0 Å². The van der Waals surface area contributed by atoms with Crippen LogP contribution in [-0.2, 0) is 6.42 Å². The number of rotatable bonds is 5. The molecule has 0 aliphatic rings. The zero-order valence-electron chi connectivity index (χ0n) is 11.8. The van der Waals surface area contributed by atoms with Crippen LogP contribution in [0.5, 0.6) is 0 Å². The molecule has 1 unspecified atom stereocenters. The van der Waals surface area contributed by atoms with Crippen molar-refractivity contribution < 1.29 is 4.39 Å². The second kappa shape index (κ2) is 7.00. The van der Waals surface area contributed by atoms with Crippen LogP contribution in [0.2, 0.25) is 0 Å². The maximum Gasteiger partial charge on any atom is 0.137 e. The van der Waals surface area contributed by atoms with Crippen molar-refractivity contribution in [3.8, 4) is 0 Å². The Morgan fingerprint density at radius 3 is 2.65 bits per heavy atom. The molecule has 0 aliphatic carbocycles. The second-order valence-electron chi connectivity index (χ2n) is 4.86. The summed E-state index contributed by atoms with van der Waals surface area (Å²) in [5.41, 5.74) is 3.39. The van der Waals surface area contributed by atoms with E-state index in [1.165, 1.54) is 11.6 Å². The van der Waals surface area contributed by atoms with Crippen LogP contribution in [-0.4, -0.2) is 7.05 Å². The van der Waals surface area contributed by atoms with E-state index >= 15 is 0 Å². The molecule has 3 heteroatoms. The van der Waals surface area contributed by atoms with Crippen molar-refractivity contribution in [2.75, 3.05) is 7.05 Å². The summed E-state index contributed by atoms with van der Waals surface area (Å²) in [6.07, 6.45) is 2.19. The van der Waals surface area contributed by atoms with Gasteiger partial charge in [-0.3, -0.25) is 0 Å². The Balaban J connectivity index is 2.41. The van der Waals surface area contributed by atoms with Crippen molar-refractivity contribution in [3.63, 3.8) is 0 Å². The second-order valence-corrected chi connectivity index (χ2v) is 5.65. The number of aryl methyl sites for hydroxylation is 1. The van der Waals surface area contributed by atoms with Crippen molar-refractivity contribution in [1.29, 1.82) is 0 Å². The predicted octanol–water partition coefficient (Wildman–Crippen LogP) is 4.85. The summed E-state index contributed by atoms with van der Waals surface area (Å²) in [5, 5.41) is 3.28. The highest BCUT2D eigenvalue weighted by atomic mass is 79.9. The predicted molar refractivity (Wildman–Crippen MR) is 85.4 cm³/mol. The molecule has 0 aromatic heterocycles. The molecule has 2 aromatic carbocycles. The maximum atomic E-state index is 13.7. The number of halogens is 2. The van der Waals surface area contributed by atoms with Crippen LogP contribution in [0.15, 0.2) is 46.9 Å². The van der Waals surface area contributed by atoms with E-state index < -0.39 is 0 Å². The van der Waals surface area contributed by atoms with Crippen LogP contribution in [0.25, 0.3) is 0 Å². The summed E-state index contributed by atoms with van der Waals surface area (Å²) >= 11 is 3.35. The minimum Gasteiger partial charge on any atom is -0.309 e. The number of benzene rings is 2. The van der Waals surface area contributed by atoms with E-state index in [1.54, 1.807) is 6.07 Å². The Morgan fingerprint density at radius 2 is 1.95 bits per heavy atom. The fourth-order valence-electron chi connectivity index (χ4n) is 2.46. The zero-order valence-corrected chi connectivity index (χ0v) is 13.4. The highest BCUT2D eigenvalue weighted by Gasteiger charge is 2.17. The van der Waals surface area contributed by atoms with Gasteiger partial charge in [0.25, 0.3) is 0 Å². The van der Waals surface area contributed by atoms with Crippen molar-refractivity contribution in [1.82, 2.24) is 5.32 Å². The van der Waals surface area contributed by atoms with E-state index in [-0.39, 0.29) is 11.9 Å². The normalized spacial score (nSPS) is 12.4. The third-order valence-electron chi connectivity index (χ3n) is 3.40. The van der Waals surface area contributed by atoms with Gasteiger partial charge < -0.3 is 5.32 Å². The Labute approximate surface area is 128 Å². The lowest BCUT2D eigenvalue weighted by molar-refractivity contribution is 0.608. The van der Waals surface area contributed by atoms with Gasteiger partial charge in [0.15, 0.2) is 0 Å². The van der Waals surface area contributed by atoms with Crippen molar-refractivity contribution in [2.24, 2.45) is 0 Å². The van der Waals surface area contributed by atoms with Gasteiger partial charge in [0, 0.05) is 0 Å². The van der Waals surface area contributed by atoms with Gasteiger partial charge in [-0.15, -0.1) is 0 Å². The SMILES string of the molecule is CCCc1cccc(C(NC)c2cccc(F)c2Br)c1. The largest absolute Gasteiger partial charge is 0.309 e. The smallest absolute Gasteiger partial charge is 0.137 e. The molecule has 0 bridgehead atoms. The van der Waals surface area contributed by atoms with Gasteiger partial charge in [0.2, 0.25) is 0 Å². The van der Waals surface area contributed by atoms with E-state index in [0.29, 0.717) is 4.47 Å². The van der Waals surface area contributed by atoms with E-state index in [2.05, 4.69) is 52.4 Å². The molecular weight excluding hydrogens is 317 g/mol. The van der Waals surface area contributed by atoms with E-state index in [1.807, 2.05) is 13.1 Å². The summed E-state index contributed by atoms with van der Waals surface area (Å²) in [7, 11) is 1.90. The molecule has 1 nitrogen and oxygen atoms in total. The van der Waals surface area contributed by atoms with Gasteiger partial charge in [-0.1, -0.05) is 49.7 Å². The Hall–Kier alpha value is -1.19. The molecule has 0 saturated heterocycles. The van der Waals surface area contributed by atoms with Gasteiger partial charge in [-0.2, -0.15) is 0 Å². The first-order chi connectivity index (χ1) is 9.67. The number of hydrogen-bond acceptors (Lipinski definition) is 1. The Kier molecular flexibility index (Phi) is 5.32. The zero-order chi connectivity index (χ0) is 14.5. The van der Waals surface area contributed by atoms with Crippen LogP contribution in [0.1, 0.15) is 36.1 Å². The van der Waals surface area contributed by atoms with Gasteiger partial charge in [0.05, 0.1) is 10.5 Å². The highest BCUT2D eigenvalue weighted by Crippen LogP contribution is 2.30. The molecule has 0 fully saturated rings. The molecule has 0 aliphatic heterocycles. The highest BCUT2D eigenvalue weighted by molar-refractivity contribution is 9.10. The molecule has 20 heavy (non-hydrogen) atoms. The molecule has 1 N–H and O–H groups in total. The van der Waals surface area contributed by atoms with Gasteiger partial charge >= 0.3 is 0 Å². The average molecular weight is 336 g/mol. The minimum atomic E-state index is -0.229. The lowest BCUT2D eigenvalue weighted by atomic mass is 9.96. The van der Waals surface area contributed by atoms with Crippen molar-refractivity contribution in [2.45, 2.75) is 25.8 Å². The fourth-order valence-corrected chi connectivity index (χ4v) is 2.96. The lowest BCUT2D eigenvalue weighted by Crippen LogP contribution is -2.18. The average Bonchev–Trinajstić information content (AvgIpc) is 2.45. The number of nitrogens with one attached hydrogen (secondary N) is 1. The topological polar surface area (TPSA) is 12.0 Å².